The Morgan fingerprint density at radius 3 is 2.50 bits per heavy atom. The molecule has 1 unspecified atom stereocenters. The number of unbranched alkanes of at least 4 members (excludes halogenated alkanes) is 2. The minimum absolute atomic E-state index is 0.305. The van der Waals surface area contributed by atoms with Gasteiger partial charge in [0.25, 0.3) is 0 Å². The van der Waals surface area contributed by atoms with Crippen LogP contribution in [0.1, 0.15) is 78.1 Å². The van der Waals surface area contributed by atoms with Gasteiger partial charge in [-0.15, -0.1) is 0 Å². The molecule has 16 heavy (non-hydrogen) atoms. The first-order chi connectivity index (χ1) is 7.68. The van der Waals surface area contributed by atoms with E-state index in [1.165, 1.54) is 64.2 Å². The van der Waals surface area contributed by atoms with E-state index in [4.69, 9.17) is 4.74 Å². The fourth-order valence-electron chi connectivity index (χ4n) is 3.79. The van der Waals surface area contributed by atoms with E-state index >= 15 is 0 Å². The lowest BCUT2D eigenvalue weighted by molar-refractivity contribution is -0.120. The predicted molar refractivity (Wildman–Crippen MR) is 68.6 cm³/mol. The zero-order valence-corrected chi connectivity index (χ0v) is 11.2. The van der Waals surface area contributed by atoms with Crippen LogP contribution in [0.4, 0.5) is 0 Å². The lowest BCUT2D eigenvalue weighted by atomic mass is 9.71. The molecule has 1 saturated carbocycles. The summed E-state index contributed by atoms with van der Waals surface area (Å²) in [5.41, 5.74) is 0.886. The van der Waals surface area contributed by atoms with E-state index in [0.717, 1.165) is 6.61 Å². The average molecular weight is 224 g/mol. The fourth-order valence-corrected chi connectivity index (χ4v) is 3.79. The van der Waals surface area contributed by atoms with Gasteiger partial charge in [0.1, 0.15) is 0 Å². The summed E-state index contributed by atoms with van der Waals surface area (Å²) in [6.07, 6.45) is 13.7. The Morgan fingerprint density at radius 1 is 1.06 bits per heavy atom. The van der Waals surface area contributed by atoms with Gasteiger partial charge in [-0.25, -0.2) is 0 Å². The Morgan fingerprint density at radius 2 is 1.81 bits per heavy atom. The van der Waals surface area contributed by atoms with Gasteiger partial charge >= 0.3 is 0 Å². The molecule has 0 bridgehead atoms. The van der Waals surface area contributed by atoms with E-state index in [1.54, 1.807) is 0 Å². The maximum Gasteiger partial charge on any atom is 0.0687 e. The Balaban J connectivity index is 1.89. The van der Waals surface area contributed by atoms with Crippen LogP contribution in [-0.4, -0.2) is 12.2 Å². The van der Waals surface area contributed by atoms with Gasteiger partial charge in [0.15, 0.2) is 0 Å². The van der Waals surface area contributed by atoms with E-state index in [1.807, 2.05) is 0 Å². The Labute approximate surface area is 101 Å². The minimum Gasteiger partial charge on any atom is -0.375 e. The van der Waals surface area contributed by atoms with Crippen molar-refractivity contribution in [2.75, 3.05) is 6.61 Å². The smallest absolute Gasteiger partial charge is 0.0687 e. The standard InChI is InChI=1S/C15H28O/c1-3-4-5-8-14(2)11-12-16-15(13-14)9-6-7-10-15/h3-13H2,1-2H3. The highest BCUT2D eigenvalue weighted by molar-refractivity contribution is 4.95. The SMILES string of the molecule is CCCCCC1(C)CCOC2(CCCC2)C1. The molecule has 1 atom stereocenters. The monoisotopic (exact) mass is 224 g/mol. The van der Waals surface area contributed by atoms with Crippen LogP contribution in [0.2, 0.25) is 0 Å². The number of ether oxygens (including phenoxy) is 1. The second-order valence-corrected chi connectivity index (χ2v) is 6.43. The van der Waals surface area contributed by atoms with Crippen LogP contribution in [0, 0.1) is 5.41 Å². The summed E-state index contributed by atoms with van der Waals surface area (Å²) >= 11 is 0. The van der Waals surface area contributed by atoms with Crippen molar-refractivity contribution in [1.29, 1.82) is 0 Å². The van der Waals surface area contributed by atoms with Crippen molar-refractivity contribution in [3.05, 3.63) is 0 Å². The number of hydrogen-bond donors (Lipinski definition) is 0. The molecule has 94 valence electrons. The molecular formula is C15H28O. The van der Waals surface area contributed by atoms with Crippen LogP contribution in [0.5, 0.6) is 0 Å². The van der Waals surface area contributed by atoms with Crippen molar-refractivity contribution >= 4 is 0 Å². The molecule has 1 heterocycles. The maximum absolute atomic E-state index is 6.13. The van der Waals surface area contributed by atoms with Crippen LogP contribution in [0.3, 0.4) is 0 Å². The molecule has 0 N–H and O–H groups in total. The molecule has 0 aromatic carbocycles. The lowest BCUT2D eigenvalue weighted by Gasteiger charge is -2.45. The highest BCUT2D eigenvalue weighted by Gasteiger charge is 2.44. The van der Waals surface area contributed by atoms with Crippen LogP contribution in [0.25, 0.3) is 0 Å². The molecule has 1 saturated heterocycles. The first-order valence-corrected chi connectivity index (χ1v) is 7.32. The molecule has 2 fully saturated rings. The molecule has 1 nitrogen and oxygen atoms in total. The molecule has 0 radical (unpaired) electrons. The summed E-state index contributed by atoms with van der Waals surface area (Å²) < 4.78 is 6.13. The van der Waals surface area contributed by atoms with Crippen molar-refractivity contribution < 1.29 is 4.74 Å². The van der Waals surface area contributed by atoms with Crippen molar-refractivity contribution in [2.45, 2.75) is 83.7 Å². The molecule has 1 aliphatic carbocycles. The third-order valence-corrected chi connectivity index (χ3v) is 4.76. The highest BCUT2D eigenvalue weighted by Crippen LogP contribution is 2.49. The normalized spacial score (nSPS) is 33.4. The summed E-state index contributed by atoms with van der Waals surface area (Å²) in [5.74, 6) is 0. The van der Waals surface area contributed by atoms with Gasteiger partial charge in [0.05, 0.1) is 5.60 Å². The third-order valence-electron chi connectivity index (χ3n) is 4.76. The predicted octanol–water partition coefficient (Wildman–Crippen LogP) is 4.70. The van der Waals surface area contributed by atoms with Gasteiger partial charge in [0, 0.05) is 6.61 Å². The van der Waals surface area contributed by atoms with Crippen LogP contribution in [0.15, 0.2) is 0 Å². The van der Waals surface area contributed by atoms with E-state index in [9.17, 15) is 0 Å². The fraction of sp³-hybridized carbons (Fsp3) is 1.00. The molecular weight excluding hydrogens is 196 g/mol. The molecule has 1 spiro atoms. The molecule has 0 amide bonds. The van der Waals surface area contributed by atoms with Gasteiger partial charge in [-0.1, -0.05) is 46.0 Å². The van der Waals surface area contributed by atoms with E-state index in [2.05, 4.69) is 13.8 Å². The van der Waals surface area contributed by atoms with Crippen molar-refractivity contribution in [3.8, 4) is 0 Å². The van der Waals surface area contributed by atoms with E-state index < -0.39 is 0 Å². The summed E-state index contributed by atoms with van der Waals surface area (Å²) in [5, 5.41) is 0. The molecule has 1 aliphatic heterocycles. The van der Waals surface area contributed by atoms with E-state index in [0.29, 0.717) is 11.0 Å². The zero-order chi connectivity index (χ0) is 11.5. The van der Waals surface area contributed by atoms with Gasteiger partial charge in [-0.3, -0.25) is 0 Å². The highest BCUT2D eigenvalue weighted by atomic mass is 16.5. The van der Waals surface area contributed by atoms with Crippen LogP contribution < -0.4 is 0 Å². The number of rotatable bonds is 4. The molecule has 1 heteroatoms. The summed E-state index contributed by atoms with van der Waals surface area (Å²) in [4.78, 5) is 0. The minimum atomic E-state index is 0.305. The second-order valence-electron chi connectivity index (χ2n) is 6.43. The zero-order valence-electron chi connectivity index (χ0n) is 11.2. The maximum atomic E-state index is 6.13. The average Bonchev–Trinajstić information content (AvgIpc) is 2.66. The molecule has 0 aromatic rings. The molecule has 2 aliphatic rings. The summed E-state index contributed by atoms with van der Waals surface area (Å²) in [7, 11) is 0. The van der Waals surface area contributed by atoms with Gasteiger partial charge < -0.3 is 4.74 Å². The van der Waals surface area contributed by atoms with Crippen LogP contribution in [-0.2, 0) is 4.74 Å². The second kappa shape index (κ2) is 5.08. The van der Waals surface area contributed by atoms with Crippen molar-refractivity contribution in [1.82, 2.24) is 0 Å². The lowest BCUT2D eigenvalue weighted by Crippen LogP contribution is -2.42. The van der Waals surface area contributed by atoms with Crippen molar-refractivity contribution in [2.24, 2.45) is 5.41 Å². The molecule has 0 aromatic heterocycles. The topological polar surface area (TPSA) is 9.23 Å². The largest absolute Gasteiger partial charge is 0.375 e. The quantitative estimate of drug-likeness (QED) is 0.629. The first kappa shape index (κ1) is 12.4. The Hall–Kier alpha value is -0.0400. The summed E-state index contributed by atoms with van der Waals surface area (Å²) in [6, 6.07) is 0. The Bertz CT molecular complexity index is 217. The van der Waals surface area contributed by atoms with Gasteiger partial charge in [-0.05, 0) is 37.5 Å². The summed E-state index contributed by atoms with van der Waals surface area (Å²) in [6.45, 7) is 5.82. The van der Waals surface area contributed by atoms with Crippen molar-refractivity contribution in [3.63, 3.8) is 0 Å². The van der Waals surface area contributed by atoms with Gasteiger partial charge in [-0.2, -0.15) is 0 Å². The Kier molecular flexibility index (Phi) is 3.94. The molecule has 2 rings (SSSR count). The van der Waals surface area contributed by atoms with Crippen LogP contribution >= 0.6 is 0 Å². The third kappa shape index (κ3) is 2.80. The first-order valence-electron chi connectivity index (χ1n) is 7.32. The van der Waals surface area contributed by atoms with Gasteiger partial charge in [0.2, 0.25) is 0 Å². The van der Waals surface area contributed by atoms with E-state index in [-0.39, 0.29) is 0 Å². The number of hydrogen-bond acceptors (Lipinski definition) is 1.